The second kappa shape index (κ2) is 4.60. The van der Waals surface area contributed by atoms with Gasteiger partial charge in [0.2, 0.25) is 0 Å². The summed E-state index contributed by atoms with van der Waals surface area (Å²) in [6.07, 6.45) is 5.26. The van der Waals surface area contributed by atoms with Gasteiger partial charge in [0.25, 0.3) is 0 Å². The fourth-order valence-corrected chi connectivity index (χ4v) is 6.13. The van der Waals surface area contributed by atoms with Crippen LogP contribution >= 0.6 is 15.9 Å². The predicted octanol–water partition coefficient (Wildman–Crippen LogP) is 4.48. The maximum Gasteiger partial charge on any atom is 0.138 e. The van der Waals surface area contributed by atoms with Crippen LogP contribution in [0, 0.1) is 10.8 Å². The topological polar surface area (TPSA) is 21.7 Å². The number of benzene rings is 1. The Balaban J connectivity index is 1.38. The molecule has 2 saturated carbocycles. The summed E-state index contributed by atoms with van der Waals surface area (Å²) >= 11 is 3.51. The van der Waals surface area contributed by atoms with E-state index in [4.69, 9.17) is 9.47 Å². The van der Waals surface area contributed by atoms with Crippen LogP contribution in [-0.2, 0) is 9.47 Å². The number of hydrogen-bond acceptors (Lipinski definition) is 3. The number of ether oxygens (including phenoxy) is 2. The van der Waals surface area contributed by atoms with Gasteiger partial charge in [0.1, 0.15) is 13.0 Å². The van der Waals surface area contributed by atoms with Gasteiger partial charge in [-0.1, -0.05) is 48.3 Å². The van der Waals surface area contributed by atoms with Crippen LogP contribution in [0.25, 0.3) is 0 Å². The Morgan fingerprint density at radius 3 is 2.52 bits per heavy atom. The van der Waals surface area contributed by atoms with E-state index in [0.29, 0.717) is 23.6 Å². The third-order valence-electron chi connectivity index (χ3n) is 7.48. The number of fused-ring (bicyclic) bond motifs is 2. The third-order valence-corrected chi connectivity index (χ3v) is 8.01. The molecule has 3 nitrogen and oxygen atoms in total. The summed E-state index contributed by atoms with van der Waals surface area (Å²) in [5.41, 5.74) is 2.13. The van der Waals surface area contributed by atoms with E-state index in [9.17, 15) is 0 Å². The molecule has 2 saturated heterocycles. The maximum absolute atomic E-state index is 6.58. The Morgan fingerprint density at radius 1 is 1.17 bits per heavy atom. The Bertz CT molecular complexity index is 639. The van der Waals surface area contributed by atoms with Crippen molar-refractivity contribution in [2.45, 2.75) is 57.4 Å². The minimum Gasteiger partial charge on any atom is -0.358 e. The van der Waals surface area contributed by atoms with Crippen molar-refractivity contribution in [1.29, 1.82) is 0 Å². The highest BCUT2D eigenvalue weighted by molar-refractivity contribution is 9.10. The van der Waals surface area contributed by atoms with Crippen molar-refractivity contribution in [1.82, 2.24) is 4.90 Å². The summed E-state index contributed by atoms with van der Waals surface area (Å²) in [6, 6.07) is 8.97. The largest absolute Gasteiger partial charge is 0.358 e. The summed E-state index contributed by atoms with van der Waals surface area (Å²) in [4.78, 5) is 2.41. The highest BCUT2D eigenvalue weighted by atomic mass is 79.9. The first-order valence-corrected chi connectivity index (χ1v) is 9.57. The van der Waals surface area contributed by atoms with Crippen LogP contribution in [0.2, 0.25) is 0 Å². The van der Waals surface area contributed by atoms with Gasteiger partial charge in [0, 0.05) is 21.3 Å². The van der Waals surface area contributed by atoms with E-state index in [1.807, 2.05) is 0 Å². The molecule has 1 aromatic rings. The lowest BCUT2D eigenvalue weighted by Crippen LogP contribution is -2.48. The molecule has 0 N–H and O–H groups in total. The van der Waals surface area contributed by atoms with Gasteiger partial charge in [-0.15, -0.1) is 0 Å². The zero-order valence-corrected chi connectivity index (χ0v) is 15.4. The second-order valence-corrected chi connectivity index (χ2v) is 9.19. The standard InChI is InChI=1S/C19H24BrNO2/c1-17(2)18(8-3-9-18)19(17)10-15-11-22-16(21(15)12-23-19)13-4-6-14(20)7-5-13/h4-7,15-16H,3,8-12H2,1-2H3/t15-,16+,19+/m0/s1. The molecular weight excluding hydrogens is 354 g/mol. The first kappa shape index (κ1) is 14.9. The summed E-state index contributed by atoms with van der Waals surface area (Å²) in [7, 11) is 0. The lowest BCUT2D eigenvalue weighted by atomic mass is 9.74. The molecule has 0 bridgehead atoms. The van der Waals surface area contributed by atoms with Gasteiger partial charge in [0.15, 0.2) is 0 Å². The van der Waals surface area contributed by atoms with Crippen molar-refractivity contribution in [2.75, 3.05) is 13.3 Å². The van der Waals surface area contributed by atoms with Gasteiger partial charge in [-0.25, -0.2) is 4.90 Å². The Morgan fingerprint density at radius 2 is 1.91 bits per heavy atom. The average molecular weight is 378 g/mol. The monoisotopic (exact) mass is 377 g/mol. The van der Waals surface area contributed by atoms with Gasteiger partial charge in [-0.2, -0.15) is 0 Å². The Hall–Kier alpha value is -0.420. The molecule has 2 heterocycles. The van der Waals surface area contributed by atoms with Crippen LogP contribution < -0.4 is 0 Å². The SMILES string of the molecule is CC1(C)C2(CCC2)[C@@]12C[C@H]1CO[C@H](c3ccc(Br)cc3)N1CO2. The number of halogens is 1. The van der Waals surface area contributed by atoms with Gasteiger partial charge in [-0.05, 0) is 37.0 Å². The van der Waals surface area contributed by atoms with Crippen molar-refractivity contribution < 1.29 is 9.47 Å². The third kappa shape index (κ3) is 1.66. The van der Waals surface area contributed by atoms with Crippen molar-refractivity contribution >= 4 is 15.9 Å². The van der Waals surface area contributed by atoms with E-state index in [-0.39, 0.29) is 11.8 Å². The molecule has 0 aromatic heterocycles. The molecule has 3 atom stereocenters. The molecule has 2 aliphatic heterocycles. The van der Waals surface area contributed by atoms with E-state index in [0.717, 1.165) is 17.5 Å². The minimum atomic E-state index is 0.0460. The molecule has 1 aromatic carbocycles. The van der Waals surface area contributed by atoms with E-state index >= 15 is 0 Å². The van der Waals surface area contributed by atoms with Gasteiger partial charge < -0.3 is 9.47 Å². The number of nitrogens with zero attached hydrogens (tertiary/aromatic N) is 1. The Labute approximate surface area is 146 Å². The fraction of sp³-hybridized carbons (Fsp3) is 0.684. The predicted molar refractivity (Wildman–Crippen MR) is 91.8 cm³/mol. The highest BCUT2D eigenvalue weighted by Gasteiger charge is 2.85. The van der Waals surface area contributed by atoms with Crippen LogP contribution in [0.1, 0.15) is 51.3 Å². The van der Waals surface area contributed by atoms with Crippen LogP contribution in [0.3, 0.4) is 0 Å². The van der Waals surface area contributed by atoms with Crippen molar-refractivity contribution in [3.63, 3.8) is 0 Å². The summed E-state index contributed by atoms with van der Waals surface area (Å²) in [5, 5.41) is 0. The molecule has 4 fully saturated rings. The first-order valence-electron chi connectivity index (χ1n) is 8.78. The molecular formula is C19H24BrNO2. The minimum absolute atomic E-state index is 0.0460. The molecule has 2 spiro atoms. The normalized spacial score (nSPS) is 40.1. The van der Waals surface area contributed by atoms with Crippen LogP contribution in [-0.4, -0.2) is 29.9 Å². The van der Waals surface area contributed by atoms with E-state index in [1.165, 1.54) is 24.8 Å². The summed E-state index contributed by atoms with van der Waals surface area (Å²) < 4.78 is 13.8. The molecule has 0 unspecified atom stereocenters. The van der Waals surface area contributed by atoms with E-state index in [1.54, 1.807) is 0 Å². The highest BCUT2D eigenvalue weighted by Crippen LogP contribution is 2.83. The molecule has 2 aliphatic carbocycles. The van der Waals surface area contributed by atoms with Crippen LogP contribution in [0.5, 0.6) is 0 Å². The lowest BCUT2D eigenvalue weighted by Gasteiger charge is -2.41. The molecule has 124 valence electrons. The molecule has 4 heteroatoms. The molecule has 0 amide bonds. The number of rotatable bonds is 1. The molecule has 0 radical (unpaired) electrons. The van der Waals surface area contributed by atoms with Crippen LogP contribution in [0.4, 0.5) is 0 Å². The zero-order chi connectivity index (χ0) is 15.9. The van der Waals surface area contributed by atoms with E-state index in [2.05, 4.69) is 58.9 Å². The van der Waals surface area contributed by atoms with Crippen molar-refractivity contribution in [2.24, 2.45) is 10.8 Å². The second-order valence-electron chi connectivity index (χ2n) is 8.27. The van der Waals surface area contributed by atoms with E-state index < -0.39 is 0 Å². The van der Waals surface area contributed by atoms with Crippen LogP contribution in [0.15, 0.2) is 28.7 Å². The lowest BCUT2D eigenvalue weighted by molar-refractivity contribution is -0.151. The maximum atomic E-state index is 6.58. The van der Waals surface area contributed by atoms with Crippen molar-refractivity contribution in [3.05, 3.63) is 34.3 Å². The molecule has 5 rings (SSSR count). The molecule has 23 heavy (non-hydrogen) atoms. The average Bonchev–Trinajstić information content (AvgIpc) is 2.77. The Kier molecular flexibility index (Phi) is 2.98. The summed E-state index contributed by atoms with van der Waals surface area (Å²) in [5.74, 6) is 0. The smallest absolute Gasteiger partial charge is 0.138 e. The molecule has 4 aliphatic rings. The quantitative estimate of drug-likeness (QED) is 0.720. The zero-order valence-electron chi connectivity index (χ0n) is 13.8. The fourth-order valence-electron chi connectivity index (χ4n) is 5.87. The van der Waals surface area contributed by atoms with Gasteiger partial charge >= 0.3 is 0 Å². The number of hydrogen-bond donors (Lipinski definition) is 0. The van der Waals surface area contributed by atoms with Gasteiger partial charge in [-0.3, -0.25) is 0 Å². The first-order chi connectivity index (χ1) is 11.0. The van der Waals surface area contributed by atoms with Gasteiger partial charge in [0.05, 0.1) is 12.2 Å². The van der Waals surface area contributed by atoms with Crippen molar-refractivity contribution in [3.8, 4) is 0 Å². The summed E-state index contributed by atoms with van der Waals surface area (Å²) in [6.45, 7) is 6.38.